The van der Waals surface area contributed by atoms with Crippen LogP contribution in [0.4, 0.5) is 11.4 Å². The van der Waals surface area contributed by atoms with Gasteiger partial charge in [-0.3, -0.25) is 4.98 Å². The minimum absolute atomic E-state index is 0.520. The van der Waals surface area contributed by atoms with Crippen LogP contribution >= 0.6 is 11.6 Å². The Labute approximate surface area is 110 Å². The largest absolute Gasteiger partial charge is 0.396 e. The number of hydrogen-bond donors (Lipinski definition) is 2. The van der Waals surface area contributed by atoms with Crippen molar-refractivity contribution in [1.29, 1.82) is 0 Å². The van der Waals surface area contributed by atoms with Crippen LogP contribution in [0.5, 0.6) is 0 Å². The number of nitrogens with zero attached hydrogens (tertiary/aromatic N) is 1. The predicted molar refractivity (Wildman–Crippen MR) is 77.2 cm³/mol. The van der Waals surface area contributed by atoms with Gasteiger partial charge in [-0.15, -0.1) is 0 Å². The quantitative estimate of drug-likeness (QED) is 0.563. The SMILES string of the molecule is Nc1c2c(c3cccnc3c1N)CC=CC(Cl)=C2. The summed E-state index contributed by atoms with van der Waals surface area (Å²) in [6.45, 7) is 0. The zero-order chi connectivity index (χ0) is 12.7. The van der Waals surface area contributed by atoms with E-state index in [0.29, 0.717) is 16.4 Å². The molecule has 18 heavy (non-hydrogen) atoms. The Kier molecular flexibility index (Phi) is 2.49. The fraction of sp³-hybridized carbons (Fsp3) is 0.0714. The number of pyridine rings is 1. The lowest BCUT2D eigenvalue weighted by Gasteiger charge is -2.14. The molecular weight excluding hydrogens is 246 g/mol. The van der Waals surface area contributed by atoms with E-state index >= 15 is 0 Å². The maximum atomic E-state index is 6.11. The maximum absolute atomic E-state index is 6.11. The van der Waals surface area contributed by atoms with Crippen molar-refractivity contribution in [2.45, 2.75) is 6.42 Å². The molecule has 1 heterocycles. The molecule has 0 unspecified atom stereocenters. The van der Waals surface area contributed by atoms with Gasteiger partial charge in [-0.05, 0) is 30.2 Å². The van der Waals surface area contributed by atoms with Gasteiger partial charge in [0.15, 0.2) is 0 Å². The topological polar surface area (TPSA) is 64.9 Å². The Morgan fingerprint density at radius 3 is 2.89 bits per heavy atom. The van der Waals surface area contributed by atoms with E-state index in [9.17, 15) is 0 Å². The Bertz CT molecular complexity index is 702. The van der Waals surface area contributed by atoms with Crippen molar-refractivity contribution in [3.05, 3.63) is 46.6 Å². The van der Waals surface area contributed by atoms with Crippen LogP contribution in [0.3, 0.4) is 0 Å². The molecule has 3 nitrogen and oxygen atoms in total. The van der Waals surface area contributed by atoms with Crippen molar-refractivity contribution in [2.24, 2.45) is 0 Å². The van der Waals surface area contributed by atoms with E-state index in [1.165, 1.54) is 0 Å². The second kappa shape index (κ2) is 4.03. The first-order valence-electron chi connectivity index (χ1n) is 5.66. The van der Waals surface area contributed by atoms with E-state index in [4.69, 9.17) is 23.1 Å². The first-order chi connectivity index (χ1) is 8.68. The summed E-state index contributed by atoms with van der Waals surface area (Å²) in [6.07, 6.45) is 8.25. The Balaban J connectivity index is 2.48. The van der Waals surface area contributed by atoms with Crippen molar-refractivity contribution >= 4 is 40.0 Å². The number of nitrogen functional groups attached to an aromatic ring is 2. The summed E-state index contributed by atoms with van der Waals surface area (Å²) in [6, 6.07) is 3.91. The van der Waals surface area contributed by atoms with Gasteiger partial charge in [0, 0.05) is 22.2 Å². The van der Waals surface area contributed by atoms with Crippen LogP contribution in [-0.2, 0) is 6.42 Å². The molecule has 0 fully saturated rings. The zero-order valence-corrected chi connectivity index (χ0v) is 10.4. The van der Waals surface area contributed by atoms with Gasteiger partial charge in [-0.1, -0.05) is 23.7 Å². The van der Waals surface area contributed by atoms with Crippen LogP contribution in [0.15, 0.2) is 35.5 Å². The highest BCUT2D eigenvalue weighted by atomic mass is 35.5. The highest BCUT2D eigenvalue weighted by molar-refractivity contribution is 6.33. The number of anilines is 2. The van der Waals surface area contributed by atoms with Gasteiger partial charge in [0.05, 0.1) is 16.9 Å². The summed E-state index contributed by atoms with van der Waals surface area (Å²) < 4.78 is 0. The van der Waals surface area contributed by atoms with Gasteiger partial charge in [0.2, 0.25) is 0 Å². The van der Waals surface area contributed by atoms with Gasteiger partial charge < -0.3 is 11.5 Å². The number of aromatic nitrogens is 1. The average molecular weight is 258 g/mol. The second-order valence-corrected chi connectivity index (χ2v) is 4.69. The van der Waals surface area contributed by atoms with E-state index in [-0.39, 0.29) is 0 Å². The lowest BCUT2D eigenvalue weighted by atomic mass is 9.96. The zero-order valence-electron chi connectivity index (χ0n) is 9.65. The van der Waals surface area contributed by atoms with Crippen LogP contribution in [-0.4, -0.2) is 4.98 Å². The van der Waals surface area contributed by atoms with Crippen molar-refractivity contribution < 1.29 is 0 Å². The predicted octanol–water partition coefficient (Wildman–Crippen LogP) is 3.09. The number of nitrogens with two attached hydrogens (primary N) is 2. The normalized spacial score (nSPS) is 14.2. The standard InChI is InChI=1S/C14H12ClN3/c15-8-3-1-4-9-10-5-2-6-18-14(10)13(17)12(16)11(9)7-8/h1-3,5-7H,4,16-17H2. The molecule has 0 spiro atoms. The van der Waals surface area contributed by atoms with Gasteiger partial charge >= 0.3 is 0 Å². The average Bonchev–Trinajstić information content (AvgIpc) is 2.58. The van der Waals surface area contributed by atoms with Crippen LogP contribution in [0.25, 0.3) is 17.0 Å². The Morgan fingerprint density at radius 2 is 2.06 bits per heavy atom. The van der Waals surface area contributed by atoms with Crippen LogP contribution in [0.2, 0.25) is 0 Å². The third-order valence-corrected chi connectivity index (χ3v) is 3.41. The van der Waals surface area contributed by atoms with Crippen molar-refractivity contribution in [2.75, 3.05) is 11.5 Å². The molecule has 0 radical (unpaired) electrons. The van der Waals surface area contributed by atoms with Crippen LogP contribution in [0, 0.1) is 0 Å². The minimum Gasteiger partial charge on any atom is -0.396 e. The Morgan fingerprint density at radius 1 is 1.22 bits per heavy atom. The monoisotopic (exact) mass is 257 g/mol. The smallest absolute Gasteiger partial charge is 0.0955 e. The highest BCUT2D eigenvalue weighted by Crippen LogP contribution is 2.36. The van der Waals surface area contributed by atoms with E-state index < -0.39 is 0 Å². The second-order valence-electron chi connectivity index (χ2n) is 4.25. The van der Waals surface area contributed by atoms with Crippen molar-refractivity contribution in [1.82, 2.24) is 4.98 Å². The summed E-state index contributed by atoms with van der Waals surface area (Å²) in [5.41, 5.74) is 16.0. The van der Waals surface area contributed by atoms with Crippen LogP contribution in [0.1, 0.15) is 11.1 Å². The first kappa shape index (κ1) is 11.1. The molecule has 0 atom stereocenters. The van der Waals surface area contributed by atoms with Crippen molar-refractivity contribution in [3.8, 4) is 0 Å². The van der Waals surface area contributed by atoms with Crippen molar-refractivity contribution in [3.63, 3.8) is 0 Å². The fourth-order valence-corrected chi connectivity index (χ4v) is 2.50. The van der Waals surface area contributed by atoms with Gasteiger partial charge in [0.1, 0.15) is 0 Å². The fourth-order valence-electron chi connectivity index (χ4n) is 2.30. The van der Waals surface area contributed by atoms with E-state index in [2.05, 4.69) is 4.98 Å². The van der Waals surface area contributed by atoms with Gasteiger partial charge in [-0.2, -0.15) is 0 Å². The molecule has 0 bridgehead atoms. The molecule has 1 aromatic carbocycles. The molecule has 0 saturated heterocycles. The molecule has 90 valence electrons. The van der Waals surface area contributed by atoms with E-state index in [0.717, 1.165) is 28.5 Å². The third-order valence-electron chi connectivity index (χ3n) is 3.17. The molecule has 2 aromatic rings. The summed E-state index contributed by atoms with van der Waals surface area (Å²) in [5, 5.41) is 1.69. The van der Waals surface area contributed by atoms with Crippen LogP contribution < -0.4 is 11.5 Å². The third kappa shape index (κ3) is 1.56. The van der Waals surface area contributed by atoms with E-state index in [1.54, 1.807) is 6.20 Å². The summed E-state index contributed by atoms with van der Waals surface area (Å²) in [7, 11) is 0. The Hall–Kier alpha value is -2.00. The summed E-state index contributed by atoms with van der Waals surface area (Å²) in [5.74, 6) is 0. The number of rotatable bonds is 0. The first-order valence-corrected chi connectivity index (χ1v) is 6.04. The minimum atomic E-state index is 0.520. The number of allylic oxidation sites excluding steroid dienone is 3. The van der Waals surface area contributed by atoms with E-state index in [1.807, 2.05) is 30.4 Å². The number of hydrogen-bond acceptors (Lipinski definition) is 3. The number of benzene rings is 1. The number of halogens is 1. The molecular formula is C14H12ClN3. The molecule has 0 aliphatic heterocycles. The molecule has 1 aliphatic carbocycles. The maximum Gasteiger partial charge on any atom is 0.0955 e. The van der Waals surface area contributed by atoms with Gasteiger partial charge in [-0.25, -0.2) is 0 Å². The molecule has 0 saturated carbocycles. The van der Waals surface area contributed by atoms with Gasteiger partial charge in [0.25, 0.3) is 0 Å². The molecule has 1 aromatic heterocycles. The molecule has 0 amide bonds. The lowest BCUT2D eigenvalue weighted by Crippen LogP contribution is -2.03. The summed E-state index contributed by atoms with van der Waals surface area (Å²) in [4.78, 5) is 4.32. The molecule has 4 heteroatoms. The highest BCUT2D eigenvalue weighted by Gasteiger charge is 2.16. The number of fused-ring (bicyclic) bond motifs is 3. The lowest BCUT2D eigenvalue weighted by molar-refractivity contribution is 1.28. The molecule has 4 N–H and O–H groups in total. The molecule has 3 rings (SSSR count). The summed E-state index contributed by atoms with van der Waals surface area (Å²) >= 11 is 6.09. The molecule has 1 aliphatic rings.